The highest BCUT2D eigenvalue weighted by molar-refractivity contribution is 6.05. The van der Waals surface area contributed by atoms with Crippen LogP contribution in [0.4, 0.5) is 11.4 Å². The van der Waals surface area contributed by atoms with Crippen molar-refractivity contribution in [3.8, 4) is 5.75 Å². The Labute approximate surface area is 160 Å². The van der Waals surface area contributed by atoms with Crippen LogP contribution in [0.2, 0.25) is 0 Å². The number of amides is 2. The van der Waals surface area contributed by atoms with Crippen LogP contribution in [0.3, 0.4) is 0 Å². The maximum absolute atomic E-state index is 12.4. The van der Waals surface area contributed by atoms with Gasteiger partial charge in [-0.15, -0.1) is 0 Å². The Bertz CT molecular complexity index is 783. The standard InChI is InChI=1S/C22H26N2O3/c1-27-20-13-12-18(23-21(25)14-16-8-4-2-5-9-16)15-19(20)24-22(26)17-10-6-3-7-11-17/h3,6-7,10-13,15-16H,2,4-5,8-9,14H2,1H3,(H,23,25)(H,24,26). The molecule has 0 radical (unpaired) electrons. The van der Waals surface area contributed by atoms with E-state index < -0.39 is 0 Å². The number of anilines is 2. The number of hydrogen-bond donors (Lipinski definition) is 2. The maximum Gasteiger partial charge on any atom is 0.255 e. The topological polar surface area (TPSA) is 67.4 Å². The van der Waals surface area contributed by atoms with E-state index in [1.165, 1.54) is 19.3 Å². The molecule has 1 aliphatic carbocycles. The molecule has 27 heavy (non-hydrogen) atoms. The van der Waals surface area contributed by atoms with E-state index in [1.807, 2.05) is 18.2 Å². The first-order valence-electron chi connectivity index (χ1n) is 9.50. The average Bonchev–Trinajstić information content (AvgIpc) is 2.69. The lowest BCUT2D eigenvalue weighted by Crippen LogP contribution is -2.18. The van der Waals surface area contributed by atoms with Gasteiger partial charge in [0.2, 0.25) is 5.91 Å². The Balaban J connectivity index is 1.67. The molecule has 5 nitrogen and oxygen atoms in total. The number of carbonyl (C=O) groups excluding carboxylic acids is 2. The second-order valence-corrected chi connectivity index (χ2v) is 6.99. The summed E-state index contributed by atoms with van der Waals surface area (Å²) in [5, 5.41) is 5.81. The van der Waals surface area contributed by atoms with Gasteiger partial charge in [0.15, 0.2) is 0 Å². The summed E-state index contributed by atoms with van der Waals surface area (Å²) < 4.78 is 5.34. The summed E-state index contributed by atoms with van der Waals surface area (Å²) in [6.45, 7) is 0. The van der Waals surface area contributed by atoms with E-state index in [9.17, 15) is 9.59 Å². The first-order chi connectivity index (χ1) is 13.2. The molecule has 0 spiro atoms. The molecule has 2 aromatic rings. The monoisotopic (exact) mass is 366 g/mol. The van der Waals surface area contributed by atoms with Gasteiger partial charge in [0.1, 0.15) is 5.75 Å². The van der Waals surface area contributed by atoms with Crippen molar-refractivity contribution >= 4 is 23.2 Å². The summed E-state index contributed by atoms with van der Waals surface area (Å²) in [6.07, 6.45) is 6.54. The van der Waals surface area contributed by atoms with Crippen LogP contribution < -0.4 is 15.4 Å². The second kappa shape index (κ2) is 9.21. The third-order valence-corrected chi connectivity index (χ3v) is 4.97. The molecule has 1 aliphatic rings. The Morgan fingerprint density at radius 3 is 2.44 bits per heavy atom. The number of carbonyl (C=O) groups is 2. The van der Waals surface area contributed by atoms with Gasteiger partial charge >= 0.3 is 0 Å². The number of hydrogen-bond acceptors (Lipinski definition) is 3. The quantitative estimate of drug-likeness (QED) is 0.767. The second-order valence-electron chi connectivity index (χ2n) is 6.99. The van der Waals surface area contributed by atoms with E-state index in [-0.39, 0.29) is 11.8 Å². The molecular formula is C22H26N2O3. The lowest BCUT2D eigenvalue weighted by Gasteiger charge is -2.21. The molecule has 1 saturated carbocycles. The van der Waals surface area contributed by atoms with Gasteiger partial charge < -0.3 is 15.4 Å². The van der Waals surface area contributed by atoms with Crippen LogP contribution in [0.5, 0.6) is 5.75 Å². The molecule has 0 unspecified atom stereocenters. The third kappa shape index (κ3) is 5.33. The van der Waals surface area contributed by atoms with Crippen molar-refractivity contribution in [1.29, 1.82) is 0 Å². The van der Waals surface area contributed by atoms with Crippen molar-refractivity contribution in [3.05, 3.63) is 54.1 Å². The fraction of sp³-hybridized carbons (Fsp3) is 0.364. The minimum atomic E-state index is -0.223. The number of rotatable bonds is 6. The number of nitrogens with one attached hydrogen (secondary N) is 2. The van der Waals surface area contributed by atoms with Gasteiger partial charge in [0.25, 0.3) is 5.91 Å². The van der Waals surface area contributed by atoms with Crippen LogP contribution in [-0.2, 0) is 4.79 Å². The Morgan fingerprint density at radius 2 is 1.74 bits per heavy atom. The predicted octanol–water partition coefficient (Wildman–Crippen LogP) is 4.86. The minimum Gasteiger partial charge on any atom is -0.495 e. The van der Waals surface area contributed by atoms with E-state index in [0.29, 0.717) is 35.0 Å². The fourth-order valence-corrected chi connectivity index (χ4v) is 3.53. The van der Waals surface area contributed by atoms with Gasteiger partial charge in [0, 0.05) is 17.7 Å². The van der Waals surface area contributed by atoms with E-state index in [4.69, 9.17) is 4.74 Å². The zero-order valence-corrected chi connectivity index (χ0v) is 15.7. The molecule has 3 rings (SSSR count). The van der Waals surface area contributed by atoms with Crippen LogP contribution in [0.15, 0.2) is 48.5 Å². The molecule has 0 heterocycles. The van der Waals surface area contributed by atoms with Gasteiger partial charge in [-0.2, -0.15) is 0 Å². The first-order valence-corrected chi connectivity index (χ1v) is 9.50. The number of benzene rings is 2. The normalized spacial score (nSPS) is 14.4. The number of ether oxygens (including phenoxy) is 1. The average molecular weight is 366 g/mol. The molecule has 2 amide bonds. The summed E-state index contributed by atoms with van der Waals surface area (Å²) in [4.78, 5) is 24.8. The van der Waals surface area contributed by atoms with Crippen molar-refractivity contribution in [2.45, 2.75) is 38.5 Å². The molecule has 0 saturated heterocycles. The van der Waals surface area contributed by atoms with Crippen molar-refractivity contribution in [1.82, 2.24) is 0 Å². The predicted molar refractivity (Wildman–Crippen MR) is 107 cm³/mol. The highest BCUT2D eigenvalue weighted by Gasteiger charge is 2.17. The lowest BCUT2D eigenvalue weighted by atomic mass is 9.87. The Hall–Kier alpha value is -2.82. The molecule has 0 aliphatic heterocycles. The molecule has 0 bridgehead atoms. The molecule has 5 heteroatoms. The van der Waals surface area contributed by atoms with Crippen molar-refractivity contribution < 1.29 is 14.3 Å². The van der Waals surface area contributed by atoms with Gasteiger partial charge in [0.05, 0.1) is 12.8 Å². The summed E-state index contributed by atoms with van der Waals surface area (Å²) in [6, 6.07) is 14.3. The van der Waals surface area contributed by atoms with E-state index in [2.05, 4.69) is 10.6 Å². The van der Waals surface area contributed by atoms with Crippen molar-refractivity contribution in [3.63, 3.8) is 0 Å². The smallest absolute Gasteiger partial charge is 0.255 e. The van der Waals surface area contributed by atoms with Gasteiger partial charge in [-0.3, -0.25) is 9.59 Å². The van der Waals surface area contributed by atoms with E-state index in [0.717, 1.165) is 12.8 Å². The Morgan fingerprint density at radius 1 is 1.00 bits per heavy atom. The molecule has 142 valence electrons. The fourth-order valence-electron chi connectivity index (χ4n) is 3.53. The largest absolute Gasteiger partial charge is 0.495 e. The minimum absolute atomic E-state index is 0.0207. The molecule has 0 aromatic heterocycles. The van der Waals surface area contributed by atoms with Crippen LogP contribution >= 0.6 is 0 Å². The van der Waals surface area contributed by atoms with Gasteiger partial charge in [-0.25, -0.2) is 0 Å². The highest BCUT2D eigenvalue weighted by atomic mass is 16.5. The zero-order valence-electron chi connectivity index (χ0n) is 15.7. The summed E-state index contributed by atoms with van der Waals surface area (Å²) in [7, 11) is 1.55. The summed E-state index contributed by atoms with van der Waals surface area (Å²) in [5.41, 5.74) is 1.74. The summed E-state index contributed by atoms with van der Waals surface area (Å²) in [5.74, 6) is 0.825. The van der Waals surface area contributed by atoms with Gasteiger partial charge in [-0.05, 0) is 49.1 Å². The third-order valence-electron chi connectivity index (χ3n) is 4.97. The van der Waals surface area contributed by atoms with Crippen LogP contribution in [-0.4, -0.2) is 18.9 Å². The van der Waals surface area contributed by atoms with E-state index in [1.54, 1.807) is 37.4 Å². The maximum atomic E-state index is 12.4. The van der Waals surface area contributed by atoms with Crippen LogP contribution in [0.25, 0.3) is 0 Å². The van der Waals surface area contributed by atoms with E-state index >= 15 is 0 Å². The zero-order chi connectivity index (χ0) is 19.1. The van der Waals surface area contributed by atoms with Crippen LogP contribution in [0.1, 0.15) is 48.9 Å². The van der Waals surface area contributed by atoms with Gasteiger partial charge in [-0.1, -0.05) is 37.5 Å². The highest BCUT2D eigenvalue weighted by Crippen LogP contribution is 2.30. The molecule has 0 atom stereocenters. The van der Waals surface area contributed by atoms with Crippen LogP contribution in [0, 0.1) is 5.92 Å². The Kier molecular flexibility index (Phi) is 6.47. The molecule has 1 fully saturated rings. The summed E-state index contributed by atoms with van der Waals surface area (Å²) >= 11 is 0. The molecular weight excluding hydrogens is 340 g/mol. The number of methoxy groups -OCH3 is 1. The van der Waals surface area contributed by atoms with Crippen molar-refractivity contribution in [2.24, 2.45) is 5.92 Å². The SMILES string of the molecule is COc1ccc(NC(=O)CC2CCCCC2)cc1NC(=O)c1ccccc1. The molecule has 2 N–H and O–H groups in total. The first kappa shape index (κ1) is 19.0. The van der Waals surface area contributed by atoms with Crippen molar-refractivity contribution in [2.75, 3.05) is 17.7 Å². The lowest BCUT2D eigenvalue weighted by molar-refractivity contribution is -0.117. The molecule has 2 aromatic carbocycles.